The van der Waals surface area contributed by atoms with Gasteiger partial charge in [0.05, 0.1) is 13.2 Å². The molecule has 5 atom stereocenters. The number of hydrogen-bond acceptors (Lipinski definition) is 8. The molecule has 0 saturated carbocycles. The number of benzene rings is 2. The van der Waals surface area contributed by atoms with E-state index in [1.807, 2.05) is 60.7 Å². The summed E-state index contributed by atoms with van der Waals surface area (Å²) in [4.78, 5) is 23.1. The van der Waals surface area contributed by atoms with Crippen LogP contribution in [0.4, 0.5) is 0 Å². The molecule has 8 heteroatoms. The summed E-state index contributed by atoms with van der Waals surface area (Å²) in [6.45, 7) is 2.71. The highest BCUT2D eigenvalue weighted by Crippen LogP contribution is 2.29. The normalized spacial score (nSPS) is 25.2. The molecule has 1 aliphatic rings. The fourth-order valence-corrected chi connectivity index (χ4v) is 3.46. The largest absolute Gasteiger partial charge is 0.463 e. The average molecular weight is 444 g/mol. The van der Waals surface area contributed by atoms with E-state index in [4.69, 9.17) is 23.7 Å². The predicted octanol–water partition coefficient (Wildman–Crippen LogP) is 2.37. The minimum Gasteiger partial charge on any atom is -0.463 e. The second-order valence-electron chi connectivity index (χ2n) is 7.46. The van der Waals surface area contributed by atoms with Crippen LogP contribution < -0.4 is 0 Å². The number of ether oxygens (including phenoxy) is 5. The maximum Gasteiger partial charge on any atom is 0.303 e. The molecule has 1 fully saturated rings. The van der Waals surface area contributed by atoms with Gasteiger partial charge in [0, 0.05) is 13.8 Å². The van der Waals surface area contributed by atoms with Crippen molar-refractivity contribution in [2.45, 2.75) is 57.8 Å². The second-order valence-corrected chi connectivity index (χ2v) is 7.46. The zero-order chi connectivity index (χ0) is 22.9. The van der Waals surface area contributed by atoms with Crippen molar-refractivity contribution in [3.05, 3.63) is 71.8 Å². The number of carbonyl (C=O) groups excluding carboxylic acids is 2. The molecule has 0 aliphatic carbocycles. The van der Waals surface area contributed by atoms with E-state index >= 15 is 0 Å². The summed E-state index contributed by atoms with van der Waals surface area (Å²) in [7, 11) is 0. The van der Waals surface area contributed by atoms with Crippen LogP contribution in [0.25, 0.3) is 0 Å². The summed E-state index contributed by atoms with van der Waals surface area (Å²) < 4.78 is 28.3. The zero-order valence-corrected chi connectivity index (χ0v) is 18.1. The highest BCUT2D eigenvalue weighted by molar-refractivity contribution is 5.66. The lowest BCUT2D eigenvalue weighted by atomic mass is 9.98. The second kappa shape index (κ2) is 11.7. The van der Waals surface area contributed by atoms with Crippen LogP contribution in [0.2, 0.25) is 0 Å². The summed E-state index contributed by atoms with van der Waals surface area (Å²) in [5, 5.41) is 10.7. The molecule has 172 valence electrons. The van der Waals surface area contributed by atoms with Crippen LogP contribution in [0, 0.1) is 0 Å². The maximum atomic E-state index is 11.8. The van der Waals surface area contributed by atoms with Crippen LogP contribution >= 0.6 is 0 Å². The quantitative estimate of drug-likeness (QED) is 0.589. The molecule has 0 unspecified atom stereocenters. The van der Waals surface area contributed by atoms with Crippen molar-refractivity contribution in [2.75, 3.05) is 6.61 Å². The van der Waals surface area contributed by atoms with Crippen LogP contribution in [0.15, 0.2) is 60.7 Å². The first-order valence-corrected chi connectivity index (χ1v) is 10.4. The fourth-order valence-electron chi connectivity index (χ4n) is 3.46. The lowest BCUT2D eigenvalue weighted by Crippen LogP contribution is -2.61. The number of esters is 2. The van der Waals surface area contributed by atoms with Crippen LogP contribution in [-0.4, -0.2) is 54.4 Å². The van der Waals surface area contributed by atoms with Gasteiger partial charge in [-0.3, -0.25) is 9.59 Å². The Bertz CT molecular complexity index is 857. The summed E-state index contributed by atoms with van der Waals surface area (Å²) in [5.74, 6) is -1.08. The molecule has 8 nitrogen and oxygen atoms in total. The smallest absolute Gasteiger partial charge is 0.303 e. The van der Waals surface area contributed by atoms with Crippen molar-refractivity contribution in [2.24, 2.45) is 0 Å². The summed E-state index contributed by atoms with van der Waals surface area (Å²) in [5.41, 5.74) is 1.79. The van der Waals surface area contributed by atoms with Crippen molar-refractivity contribution in [3.63, 3.8) is 0 Å². The first-order valence-electron chi connectivity index (χ1n) is 10.4. The van der Waals surface area contributed by atoms with E-state index < -0.39 is 42.6 Å². The van der Waals surface area contributed by atoms with Gasteiger partial charge in [-0.25, -0.2) is 0 Å². The van der Waals surface area contributed by atoms with Gasteiger partial charge in [-0.2, -0.15) is 0 Å². The first kappa shape index (κ1) is 23.9. The standard InChI is InChI=1S/C24H28O8/c1-16(25)28-15-20-21(31-17(2)26)22(29-13-18-9-5-3-6-10-18)23(24(27)32-20)30-14-19-11-7-4-8-12-19/h3-12,20-24,27H,13-15H2,1-2H3/t20-,21-,22+,23-,24+/m1/s1. The molecule has 32 heavy (non-hydrogen) atoms. The van der Waals surface area contributed by atoms with E-state index in [0.717, 1.165) is 11.1 Å². The third-order valence-electron chi connectivity index (χ3n) is 4.93. The molecule has 1 N–H and O–H groups in total. The molecule has 1 saturated heterocycles. The van der Waals surface area contributed by atoms with Gasteiger partial charge in [-0.1, -0.05) is 60.7 Å². The van der Waals surface area contributed by atoms with Crippen LogP contribution in [0.1, 0.15) is 25.0 Å². The molecule has 0 aromatic heterocycles. The molecule has 1 aliphatic heterocycles. The Kier molecular flexibility index (Phi) is 8.75. The average Bonchev–Trinajstić information content (AvgIpc) is 2.78. The van der Waals surface area contributed by atoms with Gasteiger partial charge < -0.3 is 28.8 Å². The molecule has 0 bridgehead atoms. The van der Waals surface area contributed by atoms with E-state index in [1.165, 1.54) is 13.8 Å². The molecule has 0 amide bonds. The lowest BCUT2D eigenvalue weighted by molar-refractivity contribution is -0.309. The summed E-state index contributed by atoms with van der Waals surface area (Å²) in [6.07, 6.45) is -5.08. The van der Waals surface area contributed by atoms with E-state index in [-0.39, 0.29) is 19.8 Å². The Morgan fingerprint density at radius 2 is 1.34 bits per heavy atom. The minimum atomic E-state index is -1.38. The third kappa shape index (κ3) is 6.86. The topological polar surface area (TPSA) is 101 Å². The Morgan fingerprint density at radius 3 is 1.84 bits per heavy atom. The number of aliphatic hydroxyl groups is 1. The minimum absolute atomic E-state index is 0.193. The van der Waals surface area contributed by atoms with E-state index in [2.05, 4.69) is 0 Å². The molecule has 3 rings (SSSR count). The highest BCUT2D eigenvalue weighted by atomic mass is 16.7. The van der Waals surface area contributed by atoms with Crippen molar-refractivity contribution in [1.29, 1.82) is 0 Å². The van der Waals surface area contributed by atoms with Gasteiger partial charge in [0.25, 0.3) is 0 Å². The molecule has 1 heterocycles. The number of aliphatic hydroxyl groups excluding tert-OH is 1. The van der Waals surface area contributed by atoms with Gasteiger partial charge in [-0.05, 0) is 11.1 Å². The molecular formula is C24H28O8. The van der Waals surface area contributed by atoms with Crippen LogP contribution in [0.5, 0.6) is 0 Å². The molecule has 2 aromatic rings. The van der Waals surface area contributed by atoms with E-state index in [1.54, 1.807) is 0 Å². The number of rotatable bonds is 9. The molecule has 2 aromatic carbocycles. The van der Waals surface area contributed by atoms with E-state index in [9.17, 15) is 14.7 Å². The van der Waals surface area contributed by atoms with Gasteiger partial charge in [0.15, 0.2) is 12.4 Å². The number of carbonyl (C=O) groups is 2. The summed E-state index contributed by atoms with van der Waals surface area (Å²) in [6, 6.07) is 18.9. The monoisotopic (exact) mass is 444 g/mol. The predicted molar refractivity (Wildman–Crippen MR) is 113 cm³/mol. The Morgan fingerprint density at radius 1 is 0.812 bits per heavy atom. The van der Waals surface area contributed by atoms with Gasteiger partial charge in [-0.15, -0.1) is 0 Å². The maximum absolute atomic E-state index is 11.8. The number of hydrogen-bond donors (Lipinski definition) is 1. The Balaban J connectivity index is 1.82. The summed E-state index contributed by atoms with van der Waals surface area (Å²) >= 11 is 0. The third-order valence-corrected chi connectivity index (χ3v) is 4.93. The zero-order valence-electron chi connectivity index (χ0n) is 18.1. The molecule has 0 radical (unpaired) electrons. The van der Waals surface area contributed by atoms with Crippen molar-refractivity contribution >= 4 is 11.9 Å². The Labute approximate surface area is 187 Å². The van der Waals surface area contributed by atoms with Crippen molar-refractivity contribution in [3.8, 4) is 0 Å². The van der Waals surface area contributed by atoms with Crippen LogP contribution in [-0.2, 0) is 46.5 Å². The first-order chi connectivity index (χ1) is 15.4. The van der Waals surface area contributed by atoms with Gasteiger partial charge >= 0.3 is 11.9 Å². The fraction of sp³-hybridized carbons (Fsp3) is 0.417. The van der Waals surface area contributed by atoms with Crippen molar-refractivity contribution in [1.82, 2.24) is 0 Å². The van der Waals surface area contributed by atoms with Crippen molar-refractivity contribution < 1.29 is 38.4 Å². The van der Waals surface area contributed by atoms with Gasteiger partial charge in [0.2, 0.25) is 0 Å². The molecule has 0 spiro atoms. The Hall–Kier alpha value is -2.78. The molecular weight excluding hydrogens is 416 g/mol. The van der Waals surface area contributed by atoms with Crippen LogP contribution in [0.3, 0.4) is 0 Å². The highest BCUT2D eigenvalue weighted by Gasteiger charge is 2.49. The lowest BCUT2D eigenvalue weighted by Gasteiger charge is -2.43. The van der Waals surface area contributed by atoms with Gasteiger partial charge in [0.1, 0.15) is 24.9 Å². The van der Waals surface area contributed by atoms with E-state index in [0.29, 0.717) is 0 Å². The SMILES string of the molecule is CC(=O)OC[C@H]1O[C@H](O)[C@H](OCc2ccccc2)[C@@H](OCc2ccccc2)[C@@H]1OC(C)=O.